The molecule has 1 heterocycles. The van der Waals surface area contributed by atoms with E-state index >= 15 is 0 Å². The minimum Gasteiger partial charge on any atom is -0.367 e. The lowest BCUT2D eigenvalue weighted by Gasteiger charge is -2.37. The van der Waals surface area contributed by atoms with Gasteiger partial charge in [-0.05, 0) is 31.2 Å². The third-order valence-electron chi connectivity index (χ3n) is 4.39. The van der Waals surface area contributed by atoms with E-state index in [9.17, 15) is 14.9 Å². The Kier molecular flexibility index (Phi) is 4.90. The van der Waals surface area contributed by atoms with Crippen LogP contribution in [0, 0.1) is 10.1 Å². The van der Waals surface area contributed by atoms with Crippen molar-refractivity contribution in [3.63, 3.8) is 0 Å². The molecule has 1 aliphatic heterocycles. The summed E-state index contributed by atoms with van der Waals surface area (Å²) >= 11 is 6.25. The smallest absolute Gasteiger partial charge is 0.293 e. The number of anilines is 2. The summed E-state index contributed by atoms with van der Waals surface area (Å²) in [6, 6.07) is 12.3. The Morgan fingerprint density at radius 1 is 1.04 bits per heavy atom. The predicted octanol–water partition coefficient (Wildman–Crippen LogP) is 3.78. The van der Waals surface area contributed by atoms with Crippen LogP contribution in [0.1, 0.15) is 17.3 Å². The Balaban J connectivity index is 1.80. The lowest BCUT2D eigenvalue weighted by atomic mass is 10.1. The van der Waals surface area contributed by atoms with Crippen LogP contribution in [-0.4, -0.2) is 36.9 Å². The number of nitrogens with zero attached hydrogens (tertiary/aromatic N) is 3. The third kappa shape index (κ3) is 3.58. The van der Waals surface area contributed by atoms with Crippen molar-refractivity contribution < 1.29 is 9.72 Å². The molecule has 6 nitrogen and oxygen atoms in total. The molecule has 2 aromatic carbocycles. The van der Waals surface area contributed by atoms with Crippen LogP contribution in [0.2, 0.25) is 5.02 Å². The second-order valence-corrected chi connectivity index (χ2v) is 6.35. The first-order valence-corrected chi connectivity index (χ1v) is 8.39. The van der Waals surface area contributed by atoms with E-state index in [2.05, 4.69) is 4.90 Å². The zero-order valence-electron chi connectivity index (χ0n) is 13.8. The van der Waals surface area contributed by atoms with Gasteiger partial charge in [0.1, 0.15) is 5.69 Å². The van der Waals surface area contributed by atoms with E-state index in [1.54, 1.807) is 12.1 Å². The molecular formula is C18H18ClN3O3. The molecule has 3 rings (SSSR count). The van der Waals surface area contributed by atoms with Crippen molar-refractivity contribution in [2.24, 2.45) is 0 Å². The van der Waals surface area contributed by atoms with Crippen LogP contribution in [0.25, 0.3) is 0 Å². The summed E-state index contributed by atoms with van der Waals surface area (Å²) in [5.41, 5.74) is 1.85. The lowest BCUT2D eigenvalue weighted by molar-refractivity contribution is -0.384. The first-order valence-electron chi connectivity index (χ1n) is 8.01. The number of rotatable bonds is 4. The monoisotopic (exact) mass is 359 g/mol. The van der Waals surface area contributed by atoms with E-state index in [0.717, 1.165) is 18.8 Å². The highest BCUT2D eigenvalue weighted by Gasteiger charge is 2.25. The van der Waals surface area contributed by atoms with Gasteiger partial charge < -0.3 is 9.80 Å². The fraction of sp³-hybridized carbons (Fsp3) is 0.278. The van der Waals surface area contributed by atoms with E-state index in [1.807, 2.05) is 29.2 Å². The molecular weight excluding hydrogens is 342 g/mol. The van der Waals surface area contributed by atoms with Crippen LogP contribution >= 0.6 is 11.6 Å². The Morgan fingerprint density at radius 3 is 2.20 bits per heavy atom. The van der Waals surface area contributed by atoms with Crippen LogP contribution in [-0.2, 0) is 0 Å². The van der Waals surface area contributed by atoms with Crippen molar-refractivity contribution in [1.82, 2.24) is 0 Å². The summed E-state index contributed by atoms with van der Waals surface area (Å²) in [7, 11) is 0. The minimum absolute atomic E-state index is 0.0288. The number of para-hydroxylation sites is 1. The van der Waals surface area contributed by atoms with Crippen LogP contribution < -0.4 is 9.80 Å². The van der Waals surface area contributed by atoms with Crippen molar-refractivity contribution in [2.45, 2.75) is 6.92 Å². The number of ketones is 1. The summed E-state index contributed by atoms with van der Waals surface area (Å²) < 4.78 is 0. The molecule has 130 valence electrons. The maximum Gasteiger partial charge on any atom is 0.293 e. The lowest BCUT2D eigenvalue weighted by Crippen LogP contribution is -2.46. The van der Waals surface area contributed by atoms with E-state index in [4.69, 9.17) is 11.6 Å². The van der Waals surface area contributed by atoms with Crippen molar-refractivity contribution in [2.75, 3.05) is 36.0 Å². The Hall–Kier alpha value is -2.60. The summed E-state index contributed by atoms with van der Waals surface area (Å²) in [4.78, 5) is 26.6. The van der Waals surface area contributed by atoms with Gasteiger partial charge in [-0.15, -0.1) is 0 Å². The number of hydrogen-bond acceptors (Lipinski definition) is 5. The van der Waals surface area contributed by atoms with Crippen LogP contribution in [0.4, 0.5) is 17.1 Å². The third-order valence-corrected chi connectivity index (χ3v) is 4.71. The number of Topliss-reactive ketones (excluding diaryl/α,β-unsaturated/α-hetero) is 1. The van der Waals surface area contributed by atoms with E-state index in [1.165, 1.54) is 13.0 Å². The molecule has 25 heavy (non-hydrogen) atoms. The predicted molar refractivity (Wildman–Crippen MR) is 99.0 cm³/mol. The highest BCUT2D eigenvalue weighted by atomic mass is 35.5. The number of nitro groups is 1. The SMILES string of the molecule is CC(=O)c1ccc(N2CCN(c3ccccc3Cl)CC2)c([N+](=O)[O-])c1. The van der Waals surface area contributed by atoms with Gasteiger partial charge in [-0.25, -0.2) is 0 Å². The number of nitro benzene ring substituents is 1. The second-order valence-electron chi connectivity index (χ2n) is 5.94. The molecule has 0 atom stereocenters. The normalized spacial score (nSPS) is 14.5. The molecule has 0 amide bonds. The van der Waals surface area contributed by atoms with Crippen LogP contribution in [0.5, 0.6) is 0 Å². The zero-order valence-corrected chi connectivity index (χ0v) is 14.6. The van der Waals surface area contributed by atoms with Gasteiger partial charge in [0.05, 0.1) is 15.6 Å². The molecule has 7 heteroatoms. The van der Waals surface area contributed by atoms with Crippen molar-refractivity contribution >= 4 is 34.4 Å². The topological polar surface area (TPSA) is 66.7 Å². The summed E-state index contributed by atoms with van der Waals surface area (Å²) in [5.74, 6) is -0.182. The minimum atomic E-state index is -0.428. The van der Waals surface area contributed by atoms with E-state index < -0.39 is 4.92 Å². The largest absolute Gasteiger partial charge is 0.367 e. The van der Waals surface area contributed by atoms with Gasteiger partial charge in [-0.2, -0.15) is 0 Å². The molecule has 0 unspecified atom stereocenters. The van der Waals surface area contributed by atoms with Gasteiger partial charge in [0, 0.05) is 37.8 Å². The van der Waals surface area contributed by atoms with Gasteiger partial charge in [0.25, 0.3) is 5.69 Å². The molecule has 0 bridgehead atoms. The number of carbonyl (C=O) groups is 1. The van der Waals surface area contributed by atoms with Gasteiger partial charge >= 0.3 is 0 Å². The Bertz CT molecular complexity index is 817. The average molecular weight is 360 g/mol. The fourth-order valence-corrected chi connectivity index (χ4v) is 3.31. The number of hydrogen-bond donors (Lipinski definition) is 0. The fourth-order valence-electron chi connectivity index (χ4n) is 3.05. The number of carbonyl (C=O) groups excluding carboxylic acids is 1. The van der Waals surface area contributed by atoms with Crippen molar-refractivity contribution in [3.05, 3.63) is 63.2 Å². The van der Waals surface area contributed by atoms with E-state index in [-0.39, 0.29) is 11.5 Å². The average Bonchev–Trinajstić information content (AvgIpc) is 2.61. The molecule has 1 saturated heterocycles. The first-order chi connectivity index (χ1) is 12.0. The summed E-state index contributed by atoms with van der Waals surface area (Å²) in [5, 5.41) is 12.1. The van der Waals surface area contributed by atoms with Gasteiger partial charge in [-0.1, -0.05) is 23.7 Å². The molecule has 0 N–H and O–H groups in total. The summed E-state index contributed by atoms with van der Waals surface area (Å²) in [6.45, 7) is 4.13. The second kappa shape index (κ2) is 7.11. The maximum atomic E-state index is 11.5. The molecule has 0 aliphatic carbocycles. The zero-order chi connectivity index (χ0) is 18.0. The van der Waals surface area contributed by atoms with Crippen LogP contribution in [0.15, 0.2) is 42.5 Å². The molecule has 0 saturated carbocycles. The van der Waals surface area contributed by atoms with Gasteiger partial charge in [0.15, 0.2) is 5.78 Å². The van der Waals surface area contributed by atoms with E-state index in [0.29, 0.717) is 29.4 Å². The van der Waals surface area contributed by atoms with Gasteiger partial charge in [-0.3, -0.25) is 14.9 Å². The first kappa shape index (κ1) is 17.2. The molecule has 0 aromatic heterocycles. The van der Waals surface area contributed by atoms with Crippen molar-refractivity contribution in [1.29, 1.82) is 0 Å². The molecule has 1 fully saturated rings. The number of piperazine rings is 1. The van der Waals surface area contributed by atoms with Crippen LogP contribution in [0.3, 0.4) is 0 Å². The Labute approximate surface area is 150 Å². The highest BCUT2D eigenvalue weighted by molar-refractivity contribution is 6.33. The van der Waals surface area contributed by atoms with Crippen molar-refractivity contribution in [3.8, 4) is 0 Å². The molecule has 0 radical (unpaired) electrons. The summed E-state index contributed by atoms with van der Waals surface area (Å²) in [6.07, 6.45) is 0. The highest BCUT2D eigenvalue weighted by Crippen LogP contribution is 2.32. The number of benzene rings is 2. The molecule has 2 aromatic rings. The molecule has 1 aliphatic rings. The Morgan fingerprint density at radius 2 is 1.64 bits per heavy atom. The molecule has 0 spiro atoms. The van der Waals surface area contributed by atoms with Gasteiger partial charge in [0.2, 0.25) is 0 Å². The quantitative estimate of drug-likeness (QED) is 0.472. The number of halogens is 1. The maximum absolute atomic E-state index is 11.5. The standard InChI is InChI=1S/C18H18ClN3O3/c1-13(23)14-6-7-17(18(12-14)22(24)25)21-10-8-20(9-11-21)16-5-3-2-4-15(16)19/h2-7,12H,8-11H2,1H3.